The fourth-order valence-corrected chi connectivity index (χ4v) is 3.54. The summed E-state index contributed by atoms with van der Waals surface area (Å²) in [6, 6.07) is 0. The molecule has 0 amide bonds. The van der Waals surface area contributed by atoms with Crippen molar-refractivity contribution in [3.05, 3.63) is 32.1 Å². The van der Waals surface area contributed by atoms with Gasteiger partial charge in [0.2, 0.25) is 5.92 Å². The number of alkyl halides is 2. The summed E-state index contributed by atoms with van der Waals surface area (Å²) in [5.41, 5.74) is -0.206. The molecule has 2 N–H and O–H groups in total. The van der Waals surface area contributed by atoms with Crippen LogP contribution in [0.5, 0.6) is 0 Å². The predicted octanol–water partition coefficient (Wildman–Crippen LogP) is 2.64. The number of unbranched alkanes of at least 4 members (excludes halogenated alkanes) is 1. The largest absolute Gasteiger partial charge is 0.378 e. The lowest BCUT2D eigenvalue weighted by Gasteiger charge is -2.34. The molecule has 2 rings (SSSR count). The van der Waals surface area contributed by atoms with Gasteiger partial charge in [0.15, 0.2) is 0 Å². The third kappa shape index (κ3) is 4.32. The van der Waals surface area contributed by atoms with Crippen LogP contribution in [-0.2, 0) is 17.6 Å². The van der Waals surface area contributed by atoms with Gasteiger partial charge in [0.25, 0.3) is 5.56 Å². The van der Waals surface area contributed by atoms with Crippen LogP contribution in [-0.4, -0.2) is 28.6 Å². The second-order valence-electron chi connectivity index (χ2n) is 6.76. The van der Waals surface area contributed by atoms with Gasteiger partial charge in [-0.3, -0.25) is 9.78 Å². The highest BCUT2D eigenvalue weighted by molar-refractivity contribution is 5.20. The highest BCUT2D eigenvalue weighted by atomic mass is 19.3. The Balaban J connectivity index is 2.34. The van der Waals surface area contributed by atoms with Gasteiger partial charge in [0.1, 0.15) is 0 Å². The lowest BCUT2D eigenvalue weighted by atomic mass is 9.79. The number of hydrogen-bond acceptors (Lipinski definition) is 3. The van der Waals surface area contributed by atoms with Crippen molar-refractivity contribution < 1.29 is 13.5 Å². The van der Waals surface area contributed by atoms with Gasteiger partial charge in [-0.15, -0.1) is 0 Å². The van der Waals surface area contributed by atoms with Gasteiger partial charge in [0, 0.05) is 23.8 Å². The molecule has 0 aliphatic heterocycles. The molecule has 1 aromatic rings. The predicted molar refractivity (Wildman–Crippen MR) is 87.6 cm³/mol. The Labute approximate surface area is 139 Å². The van der Waals surface area contributed by atoms with E-state index in [4.69, 9.17) is 4.74 Å². The smallest absolute Gasteiger partial charge is 0.325 e. The third-order valence-corrected chi connectivity index (χ3v) is 4.92. The van der Waals surface area contributed by atoms with Gasteiger partial charge in [-0.2, -0.15) is 0 Å². The number of hydrogen-bond donors (Lipinski definition) is 2. The molecule has 1 aliphatic rings. The minimum Gasteiger partial charge on any atom is -0.378 e. The summed E-state index contributed by atoms with van der Waals surface area (Å²) in [6.45, 7) is 5.27. The van der Waals surface area contributed by atoms with E-state index in [1.165, 1.54) is 0 Å². The van der Waals surface area contributed by atoms with Crippen LogP contribution < -0.4 is 11.2 Å². The topological polar surface area (TPSA) is 75.0 Å². The van der Waals surface area contributed by atoms with Crippen molar-refractivity contribution >= 4 is 0 Å². The van der Waals surface area contributed by atoms with Gasteiger partial charge in [-0.05, 0) is 45.4 Å². The molecule has 0 aromatic carbocycles. The van der Waals surface area contributed by atoms with Crippen molar-refractivity contribution in [2.24, 2.45) is 11.8 Å². The van der Waals surface area contributed by atoms with Crippen molar-refractivity contribution in [3.63, 3.8) is 0 Å². The molecular formula is C17H26F2N2O3. The van der Waals surface area contributed by atoms with E-state index in [-0.39, 0.29) is 25.4 Å². The average molecular weight is 344 g/mol. The molecule has 5 nitrogen and oxygen atoms in total. The third-order valence-electron chi connectivity index (χ3n) is 4.92. The number of fused-ring (bicyclic) bond motifs is 1. The van der Waals surface area contributed by atoms with Crippen molar-refractivity contribution in [2.45, 2.75) is 64.9 Å². The quantitative estimate of drug-likeness (QED) is 0.615. The standard InChI is InChI=1S/C17H26F2N2O3/c1-4-5-8-24-10(2)11-9-12-14(20-16(23)21-15(12)22)7-6-13(11)17(3,18)19/h10-11,13H,4-9H2,1-3H3,(H2,20,21,22,23). The first-order valence-corrected chi connectivity index (χ1v) is 8.57. The number of ether oxygens (including phenoxy) is 1. The summed E-state index contributed by atoms with van der Waals surface area (Å²) < 4.78 is 34.1. The molecule has 0 saturated heterocycles. The van der Waals surface area contributed by atoms with Crippen LogP contribution in [0.1, 0.15) is 51.3 Å². The fourth-order valence-electron chi connectivity index (χ4n) is 3.54. The van der Waals surface area contributed by atoms with E-state index in [0.717, 1.165) is 19.8 Å². The molecule has 3 unspecified atom stereocenters. The Morgan fingerprint density at radius 1 is 1.33 bits per heavy atom. The maximum absolute atomic E-state index is 14.2. The maximum atomic E-state index is 14.2. The molecule has 0 saturated carbocycles. The Morgan fingerprint density at radius 2 is 2.04 bits per heavy atom. The van der Waals surface area contributed by atoms with Crippen LogP contribution in [0.25, 0.3) is 0 Å². The Bertz CT molecular complexity index is 663. The first-order valence-electron chi connectivity index (χ1n) is 8.57. The Kier molecular flexibility index (Phi) is 5.96. The summed E-state index contributed by atoms with van der Waals surface area (Å²) >= 11 is 0. The molecule has 0 bridgehead atoms. The molecule has 24 heavy (non-hydrogen) atoms. The number of nitrogens with one attached hydrogen (secondary N) is 2. The molecule has 0 radical (unpaired) electrons. The molecule has 0 spiro atoms. The molecule has 136 valence electrons. The van der Waals surface area contributed by atoms with Gasteiger partial charge in [-0.1, -0.05) is 13.3 Å². The van der Waals surface area contributed by atoms with Crippen LogP contribution in [0.3, 0.4) is 0 Å². The van der Waals surface area contributed by atoms with Crippen molar-refractivity contribution in [1.82, 2.24) is 9.97 Å². The molecule has 1 heterocycles. The van der Waals surface area contributed by atoms with E-state index in [2.05, 4.69) is 9.97 Å². The lowest BCUT2D eigenvalue weighted by Crippen LogP contribution is -2.39. The van der Waals surface area contributed by atoms with E-state index in [9.17, 15) is 18.4 Å². The lowest BCUT2D eigenvalue weighted by molar-refractivity contribution is -0.0992. The van der Waals surface area contributed by atoms with Gasteiger partial charge < -0.3 is 9.72 Å². The van der Waals surface area contributed by atoms with Gasteiger partial charge >= 0.3 is 5.69 Å². The Hall–Kier alpha value is -1.50. The molecule has 0 fully saturated rings. The molecular weight excluding hydrogens is 318 g/mol. The van der Waals surface area contributed by atoms with Crippen LogP contribution in [0.4, 0.5) is 8.78 Å². The Morgan fingerprint density at radius 3 is 2.67 bits per heavy atom. The average Bonchev–Trinajstić information content (AvgIpc) is 2.66. The number of rotatable bonds is 6. The molecule has 3 atom stereocenters. The van der Waals surface area contributed by atoms with E-state index in [1.807, 2.05) is 6.92 Å². The van der Waals surface area contributed by atoms with Crippen molar-refractivity contribution in [3.8, 4) is 0 Å². The summed E-state index contributed by atoms with van der Waals surface area (Å²) in [5, 5.41) is 0. The van der Waals surface area contributed by atoms with E-state index < -0.39 is 29.0 Å². The summed E-state index contributed by atoms with van der Waals surface area (Å²) in [5.74, 6) is -4.25. The summed E-state index contributed by atoms with van der Waals surface area (Å²) in [7, 11) is 0. The fraction of sp³-hybridized carbons (Fsp3) is 0.765. The van der Waals surface area contributed by atoms with Gasteiger partial charge in [-0.25, -0.2) is 13.6 Å². The second kappa shape index (κ2) is 7.59. The van der Waals surface area contributed by atoms with Crippen LogP contribution in [0, 0.1) is 11.8 Å². The minimum atomic E-state index is -2.87. The minimum absolute atomic E-state index is 0.183. The molecule has 7 heteroatoms. The monoisotopic (exact) mass is 344 g/mol. The van der Waals surface area contributed by atoms with E-state index >= 15 is 0 Å². The van der Waals surface area contributed by atoms with E-state index in [1.54, 1.807) is 6.92 Å². The summed E-state index contributed by atoms with van der Waals surface area (Å²) in [4.78, 5) is 28.4. The first kappa shape index (κ1) is 18.8. The number of aromatic amines is 2. The number of H-pyrrole nitrogens is 2. The van der Waals surface area contributed by atoms with Crippen LogP contribution in [0.15, 0.2) is 9.59 Å². The zero-order chi connectivity index (χ0) is 17.9. The van der Waals surface area contributed by atoms with Crippen LogP contribution in [0.2, 0.25) is 0 Å². The first-order chi connectivity index (χ1) is 11.2. The van der Waals surface area contributed by atoms with E-state index in [0.29, 0.717) is 17.9 Å². The highest BCUT2D eigenvalue weighted by Gasteiger charge is 2.44. The molecule has 1 aliphatic carbocycles. The maximum Gasteiger partial charge on any atom is 0.325 e. The van der Waals surface area contributed by atoms with Crippen LogP contribution >= 0.6 is 0 Å². The normalized spacial score (nSPS) is 22.7. The second-order valence-corrected chi connectivity index (χ2v) is 6.76. The zero-order valence-electron chi connectivity index (χ0n) is 14.5. The van der Waals surface area contributed by atoms with Crippen molar-refractivity contribution in [1.29, 1.82) is 0 Å². The highest BCUT2D eigenvalue weighted by Crippen LogP contribution is 2.40. The number of halogens is 2. The SMILES string of the molecule is CCCCOC(C)C1Cc2c([nH]c(=O)[nH]c2=O)CCC1C(C)(F)F. The number of aryl methyl sites for hydroxylation is 1. The number of aromatic nitrogens is 2. The van der Waals surface area contributed by atoms with Crippen molar-refractivity contribution in [2.75, 3.05) is 6.61 Å². The van der Waals surface area contributed by atoms with Gasteiger partial charge in [0.05, 0.1) is 6.10 Å². The summed E-state index contributed by atoms with van der Waals surface area (Å²) in [6.07, 6.45) is 2.11. The zero-order valence-corrected chi connectivity index (χ0v) is 14.5. The molecule has 1 aromatic heterocycles.